The van der Waals surface area contributed by atoms with Crippen LogP contribution in [0.3, 0.4) is 0 Å². The standard InChI is InChI=1S/C34H45N9O4/c1-23-19-24(20-25-22-36-39-29(23)25)21-28(31(44)42-17-15-41(16-18-42)26-6-12-40(2)13-7-26)37-32(45)43-11-4-8-34(9-14-43)27-5-3-10-35-30(27)38-33(46)47-34/h3,5,10,19-20,22,26,28H,4,6-9,11-18,21H2,1-2H3,(H,36,39)(H,37,45)(H,35,38,46)/t28-,34?/m1/s1. The van der Waals surface area contributed by atoms with Crippen LogP contribution < -0.4 is 10.6 Å². The fourth-order valence-corrected chi connectivity index (χ4v) is 7.90. The Balaban J connectivity index is 1.06. The van der Waals surface area contributed by atoms with Gasteiger partial charge >= 0.3 is 12.1 Å². The number of aromatic amines is 1. The van der Waals surface area contributed by atoms with Gasteiger partial charge in [-0.25, -0.2) is 14.6 Å². The lowest BCUT2D eigenvalue weighted by atomic mass is 9.86. The topological polar surface area (TPSA) is 139 Å². The van der Waals surface area contributed by atoms with Crippen LogP contribution in [0.25, 0.3) is 10.9 Å². The molecule has 1 unspecified atom stereocenters. The van der Waals surface area contributed by atoms with E-state index in [1.54, 1.807) is 17.3 Å². The molecule has 3 fully saturated rings. The zero-order valence-corrected chi connectivity index (χ0v) is 27.3. The van der Waals surface area contributed by atoms with Crippen LogP contribution in [-0.2, 0) is 21.6 Å². The molecule has 3 N–H and O–H groups in total. The van der Waals surface area contributed by atoms with E-state index < -0.39 is 17.7 Å². The van der Waals surface area contributed by atoms with Gasteiger partial charge < -0.3 is 24.8 Å². The van der Waals surface area contributed by atoms with E-state index in [-0.39, 0.29) is 11.9 Å². The van der Waals surface area contributed by atoms with Crippen LogP contribution in [0.2, 0.25) is 0 Å². The van der Waals surface area contributed by atoms with Crippen molar-refractivity contribution in [3.05, 3.63) is 53.3 Å². The highest BCUT2D eigenvalue weighted by molar-refractivity contribution is 5.89. The van der Waals surface area contributed by atoms with Crippen LogP contribution in [-0.4, -0.2) is 124 Å². The molecule has 4 amide bonds. The van der Waals surface area contributed by atoms with Gasteiger partial charge in [0.2, 0.25) is 5.91 Å². The highest BCUT2D eigenvalue weighted by Crippen LogP contribution is 2.42. The number of piperidine rings is 1. The molecule has 3 aromatic rings. The van der Waals surface area contributed by atoms with Gasteiger partial charge in [0.25, 0.3) is 0 Å². The SMILES string of the molecule is Cc1cc(C[C@@H](NC(=O)N2CCCC3(CC2)OC(=O)Nc2ncccc23)C(=O)N2CCN(C3CCN(C)CC3)CC2)cc2cn[nH]c12. The number of nitrogens with zero attached hydrogens (tertiary/aromatic N) is 6. The van der Waals surface area contributed by atoms with E-state index in [4.69, 9.17) is 4.74 Å². The molecule has 2 atom stereocenters. The number of hydrogen-bond acceptors (Lipinski definition) is 8. The summed E-state index contributed by atoms with van der Waals surface area (Å²) in [6, 6.07) is 7.44. The van der Waals surface area contributed by atoms with Gasteiger partial charge in [0.1, 0.15) is 17.5 Å². The summed E-state index contributed by atoms with van der Waals surface area (Å²) in [6.45, 7) is 8.10. The summed E-state index contributed by atoms with van der Waals surface area (Å²) >= 11 is 0. The average molecular weight is 644 g/mol. The number of fused-ring (bicyclic) bond motifs is 3. The van der Waals surface area contributed by atoms with E-state index in [9.17, 15) is 14.4 Å². The second-order valence-corrected chi connectivity index (χ2v) is 13.6. The molecule has 0 aliphatic carbocycles. The predicted octanol–water partition coefficient (Wildman–Crippen LogP) is 3.07. The van der Waals surface area contributed by atoms with E-state index >= 15 is 0 Å². The van der Waals surface area contributed by atoms with Crippen molar-refractivity contribution in [2.75, 3.05) is 64.7 Å². The number of urea groups is 1. The quantitative estimate of drug-likeness (QED) is 0.386. The Labute approximate surface area is 275 Å². The number of anilines is 1. The van der Waals surface area contributed by atoms with Crippen molar-refractivity contribution < 1.29 is 19.1 Å². The van der Waals surface area contributed by atoms with E-state index in [1.807, 2.05) is 30.0 Å². The first-order valence-electron chi connectivity index (χ1n) is 16.9. The number of nitrogens with one attached hydrogen (secondary N) is 3. The maximum absolute atomic E-state index is 14.2. The van der Waals surface area contributed by atoms with Gasteiger partial charge in [0, 0.05) is 75.3 Å². The molecule has 6 heterocycles. The second-order valence-electron chi connectivity index (χ2n) is 13.6. The van der Waals surface area contributed by atoms with Crippen LogP contribution in [0.15, 0.2) is 36.7 Å². The van der Waals surface area contributed by atoms with E-state index in [1.165, 1.54) is 0 Å². The molecule has 47 heavy (non-hydrogen) atoms. The minimum atomic E-state index is -0.846. The lowest BCUT2D eigenvalue weighted by Crippen LogP contribution is -2.59. The largest absolute Gasteiger partial charge is 0.438 e. The molecule has 4 aliphatic heterocycles. The molecule has 1 spiro atoms. The molecular formula is C34H45N9O4. The Morgan fingerprint density at radius 3 is 2.68 bits per heavy atom. The number of ether oxygens (including phenoxy) is 1. The van der Waals surface area contributed by atoms with Gasteiger partial charge in [-0.1, -0.05) is 6.07 Å². The van der Waals surface area contributed by atoms with Gasteiger partial charge in [-0.2, -0.15) is 5.10 Å². The monoisotopic (exact) mass is 643 g/mol. The van der Waals surface area contributed by atoms with Gasteiger partial charge in [-0.3, -0.25) is 20.1 Å². The minimum absolute atomic E-state index is 0.0510. The number of H-pyrrole nitrogens is 1. The molecule has 13 nitrogen and oxygen atoms in total. The number of aryl methyl sites for hydroxylation is 1. The summed E-state index contributed by atoms with van der Waals surface area (Å²) in [5.74, 6) is 0.456. The van der Waals surface area contributed by atoms with Crippen LogP contribution in [0.1, 0.15) is 48.8 Å². The summed E-state index contributed by atoms with van der Waals surface area (Å²) in [5.41, 5.74) is 2.98. The van der Waals surface area contributed by atoms with Crippen molar-refractivity contribution in [1.29, 1.82) is 0 Å². The van der Waals surface area contributed by atoms with Crippen molar-refractivity contribution >= 4 is 34.8 Å². The molecular weight excluding hydrogens is 598 g/mol. The molecule has 13 heteroatoms. The normalized spacial score (nSPS) is 23.6. The first-order valence-corrected chi connectivity index (χ1v) is 16.9. The van der Waals surface area contributed by atoms with Gasteiger partial charge in [-0.15, -0.1) is 0 Å². The highest BCUT2D eigenvalue weighted by Gasteiger charge is 2.44. The number of carbonyl (C=O) groups excluding carboxylic acids is 3. The third-order valence-corrected chi connectivity index (χ3v) is 10.6. The van der Waals surface area contributed by atoms with Gasteiger partial charge in [0.05, 0.1) is 11.7 Å². The number of pyridine rings is 1. The molecule has 3 saturated heterocycles. The summed E-state index contributed by atoms with van der Waals surface area (Å²) in [6.07, 6.45) is 7.27. The number of rotatable bonds is 5. The molecule has 1 aromatic carbocycles. The number of piperazine rings is 1. The number of likely N-dealkylation sites (tertiary alicyclic amines) is 2. The number of aromatic nitrogens is 3. The Morgan fingerprint density at radius 2 is 1.87 bits per heavy atom. The second kappa shape index (κ2) is 13.1. The van der Waals surface area contributed by atoms with Crippen molar-refractivity contribution in [2.45, 2.75) is 63.1 Å². The van der Waals surface area contributed by atoms with Crippen molar-refractivity contribution in [3.8, 4) is 0 Å². The fraction of sp³-hybridized carbons (Fsp3) is 0.559. The number of benzene rings is 1. The summed E-state index contributed by atoms with van der Waals surface area (Å²) in [7, 11) is 2.18. The predicted molar refractivity (Wildman–Crippen MR) is 177 cm³/mol. The first-order chi connectivity index (χ1) is 22.8. The number of hydrogen-bond donors (Lipinski definition) is 3. The van der Waals surface area contributed by atoms with Crippen molar-refractivity contribution in [3.63, 3.8) is 0 Å². The van der Waals surface area contributed by atoms with Gasteiger partial charge in [-0.05, 0) is 82.1 Å². The zero-order valence-electron chi connectivity index (χ0n) is 27.3. The van der Waals surface area contributed by atoms with Gasteiger partial charge in [0.15, 0.2) is 0 Å². The summed E-state index contributed by atoms with van der Waals surface area (Å²) < 4.78 is 5.90. The molecule has 4 aliphatic rings. The molecule has 250 valence electrons. The molecule has 0 bridgehead atoms. The maximum atomic E-state index is 14.2. The Kier molecular flexibility index (Phi) is 8.75. The van der Waals surface area contributed by atoms with E-state index in [2.05, 4.69) is 48.7 Å². The Bertz CT molecular complexity index is 1630. The maximum Gasteiger partial charge on any atom is 0.413 e. The Morgan fingerprint density at radius 1 is 1.06 bits per heavy atom. The first kappa shape index (κ1) is 31.4. The van der Waals surface area contributed by atoms with Crippen LogP contribution >= 0.6 is 0 Å². The molecule has 7 rings (SSSR count). The third kappa shape index (κ3) is 6.51. The summed E-state index contributed by atoms with van der Waals surface area (Å²) in [5, 5.41) is 14.1. The van der Waals surface area contributed by atoms with E-state index in [0.29, 0.717) is 63.7 Å². The molecule has 0 saturated carbocycles. The average Bonchev–Trinajstić information content (AvgIpc) is 3.46. The molecule has 2 aromatic heterocycles. The number of amides is 4. The Hall–Kier alpha value is -4.23. The zero-order chi connectivity index (χ0) is 32.5. The lowest BCUT2D eigenvalue weighted by Gasteiger charge is -2.43. The smallest absolute Gasteiger partial charge is 0.413 e. The number of carbonyl (C=O) groups is 3. The van der Waals surface area contributed by atoms with Crippen LogP contribution in [0.4, 0.5) is 15.4 Å². The van der Waals surface area contributed by atoms with E-state index in [0.717, 1.165) is 66.6 Å². The van der Waals surface area contributed by atoms with Crippen molar-refractivity contribution in [1.82, 2.24) is 40.1 Å². The summed E-state index contributed by atoms with van der Waals surface area (Å²) in [4.78, 5) is 53.5. The third-order valence-electron chi connectivity index (χ3n) is 10.6. The van der Waals surface area contributed by atoms with Crippen molar-refractivity contribution in [2.24, 2.45) is 0 Å². The minimum Gasteiger partial charge on any atom is -0.438 e. The van der Waals surface area contributed by atoms with Crippen LogP contribution in [0, 0.1) is 6.92 Å². The molecule has 0 radical (unpaired) electrons. The highest BCUT2D eigenvalue weighted by atomic mass is 16.6. The van der Waals surface area contributed by atoms with Crippen LogP contribution in [0.5, 0.6) is 0 Å². The lowest BCUT2D eigenvalue weighted by molar-refractivity contribution is -0.135. The fourth-order valence-electron chi connectivity index (χ4n) is 7.90.